The number of non-ortho nitro benzene ring substituents is 1. The Morgan fingerprint density at radius 1 is 1.09 bits per heavy atom. The van der Waals surface area contributed by atoms with E-state index >= 15 is 0 Å². The number of nitrogens with zero attached hydrogens (tertiary/aromatic N) is 4. The molecule has 180 valence electrons. The third-order valence-corrected chi connectivity index (χ3v) is 8.17. The van der Waals surface area contributed by atoms with E-state index in [1.54, 1.807) is 36.4 Å². The van der Waals surface area contributed by atoms with Crippen molar-refractivity contribution in [2.24, 2.45) is 10.9 Å². The second kappa shape index (κ2) is 10.2. The molecule has 0 atom stereocenters. The predicted molar refractivity (Wildman–Crippen MR) is 130 cm³/mol. The molecule has 2 heterocycles. The fraction of sp³-hybridized carbons (Fsp3) is 0.348. The van der Waals surface area contributed by atoms with E-state index in [1.807, 2.05) is 5.38 Å². The van der Waals surface area contributed by atoms with Crippen LogP contribution in [0.5, 0.6) is 0 Å². The van der Waals surface area contributed by atoms with E-state index < -0.39 is 14.9 Å². The van der Waals surface area contributed by atoms with Gasteiger partial charge in [-0.3, -0.25) is 10.1 Å². The second-order valence-corrected chi connectivity index (χ2v) is 11.1. The molecule has 9 nitrogen and oxygen atoms in total. The fourth-order valence-corrected chi connectivity index (χ4v) is 6.03. The topological polar surface area (TPSA) is 107 Å². The minimum atomic E-state index is -3.56. The van der Waals surface area contributed by atoms with E-state index in [9.17, 15) is 18.5 Å². The summed E-state index contributed by atoms with van der Waals surface area (Å²) in [5.41, 5.74) is 2.50. The molecule has 0 saturated carbocycles. The maximum Gasteiger partial charge on any atom is 0.269 e. The van der Waals surface area contributed by atoms with E-state index in [0.29, 0.717) is 37.9 Å². The molecule has 0 unspecified atom stereocenters. The van der Waals surface area contributed by atoms with Gasteiger partial charge in [-0.2, -0.15) is 4.31 Å². The van der Waals surface area contributed by atoms with Crippen molar-refractivity contribution >= 4 is 32.7 Å². The number of benzene rings is 2. The molecule has 0 bridgehead atoms. The van der Waals surface area contributed by atoms with Gasteiger partial charge >= 0.3 is 0 Å². The summed E-state index contributed by atoms with van der Waals surface area (Å²) >= 11 is 1.47. The summed E-state index contributed by atoms with van der Waals surface area (Å²) in [5, 5.41) is 13.0. The second-order valence-electron chi connectivity index (χ2n) is 8.33. The average Bonchev–Trinajstić information content (AvgIpc) is 3.21. The lowest BCUT2D eigenvalue weighted by Gasteiger charge is -2.26. The van der Waals surface area contributed by atoms with Gasteiger partial charge in [0.2, 0.25) is 10.0 Å². The van der Waals surface area contributed by atoms with Crippen molar-refractivity contribution in [1.29, 1.82) is 0 Å². The number of ether oxygens (including phenoxy) is 1. The van der Waals surface area contributed by atoms with Gasteiger partial charge < -0.3 is 9.30 Å². The lowest BCUT2D eigenvalue weighted by atomic mass is 10.1. The summed E-state index contributed by atoms with van der Waals surface area (Å²) in [6.07, 6.45) is 0. The number of sulfonamides is 1. The molecule has 0 radical (unpaired) electrons. The van der Waals surface area contributed by atoms with Crippen molar-refractivity contribution in [3.05, 3.63) is 68.8 Å². The summed E-state index contributed by atoms with van der Waals surface area (Å²) in [6.45, 7) is 6.45. The van der Waals surface area contributed by atoms with E-state index in [2.05, 4.69) is 18.4 Å². The summed E-state index contributed by atoms with van der Waals surface area (Å²) in [6, 6.07) is 13.1. The lowest BCUT2D eigenvalue weighted by molar-refractivity contribution is -0.384. The minimum Gasteiger partial charge on any atom is -0.379 e. The van der Waals surface area contributed by atoms with Crippen LogP contribution in [-0.2, 0) is 21.3 Å². The number of hydrogen-bond acceptors (Lipinski definition) is 7. The first-order chi connectivity index (χ1) is 16.3. The Morgan fingerprint density at radius 2 is 1.74 bits per heavy atom. The van der Waals surface area contributed by atoms with Crippen molar-refractivity contribution in [1.82, 2.24) is 8.87 Å². The van der Waals surface area contributed by atoms with Gasteiger partial charge in [0.25, 0.3) is 5.69 Å². The highest BCUT2D eigenvalue weighted by molar-refractivity contribution is 7.89. The first kappa shape index (κ1) is 24.3. The Morgan fingerprint density at radius 3 is 2.32 bits per heavy atom. The highest BCUT2D eigenvalue weighted by Crippen LogP contribution is 2.25. The molecule has 1 saturated heterocycles. The number of aromatic nitrogens is 1. The number of hydrogen-bond donors (Lipinski definition) is 0. The Labute approximate surface area is 202 Å². The molecule has 34 heavy (non-hydrogen) atoms. The van der Waals surface area contributed by atoms with E-state index in [1.165, 1.54) is 27.8 Å². The van der Waals surface area contributed by atoms with Gasteiger partial charge in [-0.05, 0) is 47.9 Å². The quantitative estimate of drug-likeness (QED) is 0.358. The Hall–Kier alpha value is -2.86. The van der Waals surface area contributed by atoms with Gasteiger partial charge in [-0.1, -0.05) is 13.8 Å². The molecule has 3 aromatic rings. The average molecular weight is 503 g/mol. The van der Waals surface area contributed by atoms with Crippen LogP contribution in [0.3, 0.4) is 0 Å². The van der Waals surface area contributed by atoms with Crippen molar-refractivity contribution in [2.45, 2.75) is 25.3 Å². The molecule has 2 aromatic carbocycles. The number of morpholine rings is 1. The molecule has 0 aliphatic carbocycles. The van der Waals surface area contributed by atoms with Gasteiger partial charge in [0, 0.05) is 37.1 Å². The van der Waals surface area contributed by atoms with Crippen molar-refractivity contribution < 1.29 is 18.1 Å². The summed E-state index contributed by atoms with van der Waals surface area (Å²) in [7, 11) is -3.56. The normalized spacial score (nSPS) is 15.7. The SMILES string of the molecule is CC(C)Cn1c(-c2ccc([N+](=O)[O-])cc2)csc1=Nc1ccc(S(=O)(=O)N2CCOCC2)cc1. The number of nitro benzene ring substituents is 1. The third-order valence-electron chi connectivity index (χ3n) is 5.39. The number of thiazole rings is 1. The minimum absolute atomic E-state index is 0.0476. The van der Waals surface area contributed by atoms with E-state index in [4.69, 9.17) is 9.73 Å². The summed E-state index contributed by atoms with van der Waals surface area (Å²) in [4.78, 5) is 16.3. The smallest absolute Gasteiger partial charge is 0.269 e. The molecule has 0 N–H and O–H groups in total. The van der Waals surface area contributed by atoms with Crippen LogP contribution in [-0.4, -0.2) is 48.5 Å². The Balaban J connectivity index is 1.66. The molecular weight excluding hydrogens is 476 g/mol. The van der Waals surface area contributed by atoms with Crippen molar-refractivity contribution in [3.63, 3.8) is 0 Å². The highest BCUT2D eigenvalue weighted by atomic mass is 32.2. The zero-order chi connectivity index (χ0) is 24.3. The molecule has 0 spiro atoms. The molecular formula is C23H26N4O5S2. The molecule has 0 amide bonds. The van der Waals surface area contributed by atoms with Gasteiger partial charge in [-0.15, -0.1) is 11.3 Å². The Bertz CT molecular complexity index is 1320. The van der Waals surface area contributed by atoms with Crippen LogP contribution in [0.2, 0.25) is 0 Å². The standard InChI is InChI=1S/C23H26N4O5S2/c1-17(2)15-26-22(18-3-7-20(8-4-18)27(28)29)16-33-23(26)24-19-5-9-21(10-6-19)34(30,31)25-11-13-32-14-12-25/h3-10,16-17H,11-15H2,1-2H3. The Kier molecular flexibility index (Phi) is 7.27. The van der Waals surface area contributed by atoms with Crippen molar-refractivity contribution in [3.8, 4) is 11.3 Å². The third kappa shape index (κ3) is 5.27. The lowest BCUT2D eigenvalue weighted by Crippen LogP contribution is -2.40. The monoisotopic (exact) mass is 502 g/mol. The van der Waals surface area contributed by atoms with Crippen LogP contribution in [0, 0.1) is 16.0 Å². The van der Waals surface area contributed by atoms with Crippen LogP contribution in [0.1, 0.15) is 13.8 Å². The molecule has 11 heteroatoms. The van der Waals surface area contributed by atoms with Crippen LogP contribution in [0.25, 0.3) is 11.3 Å². The molecule has 4 rings (SSSR count). The van der Waals surface area contributed by atoms with Crippen LogP contribution in [0.4, 0.5) is 11.4 Å². The first-order valence-corrected chi connectivity index (χ1v) is 13.2. The molecule has 1 aromatic heterocycles. The highest BCUT2D eigenvalue weighted by Gasteiger charge is 2.26. The first-order valence-electron chi connectivity index (χ1n) is 10.9. The van der Waals surface area contributed by atoms with Gasteiger partial charge in [0.05, 0.1) is 34.4 Å². The number of nitro groups is 1. The van der Waals surface area contributed by atoms with Gasteiger partial charge in [0.15, 0.2) is 4.80 Å². The van der Waals surface area contributed by atoms with Crippen LogP contribution in [0.15, 0.2) is 63.8 Å². The predicted octanol–water partition coefficient (Wildman–Crippen LogP) is 4.03. The van der Waals surface area contributed by atoms with Crippen LogP contribution < -0.4 is 4.80 Å². The maximum absolute atomic E-state index is 12.9. The van der Waals surface area contributed by atoms with Gasteiger partial charge in [0.1, 0.15) is 0 Å². The molecule has 1 aliphatic heterocycles. The summed E-state index contributed by atoms with van der Waals surface area (Å²) in [5.74, 6) is 0.353. The van der Waals surface area contributed by atoms with E-state index in [-0.39, 0.29) is 10.6 Å². The zero-order valence-corrected chi connectivity index (χ0v) is 20.6. The maximum atomic E-state index is 12.9. The van der Waals surface area contributed by atoms with Gasteiger partial charge in [-0.25, -0.2) is 13.4 Å². The number of rotatable bonds is 7. The summed E-state index contributed by atoms with van der Waals surface area (Å²) < 4.78 is 34.5. The largest absolute Gasteiger partial charge is 0.379 e. The van der Waals surface area contributed by atoms with Crippen LogP contribution >= 0.6 is 11.3 Å². The van der Waals surface area contributed by atoms with Crippen molar-refractivity contribution in [2.75, 3.05) is 26.3 Å². The zero-order valence-electron chi connectivity index (χ0n) is 19.0. The molecule has 1 aliphatic rings. The van der Waals surface area contributed by atoms with E-state index in [0.717, 1.165) is 22.6 Å². The molecule has 1 fully saturated rings. The fourth-order valence-electron chi connectivity index (χ4n) is 3.68.